The van der Waals surface area contributed by atoms with Crippen molar-refractivity contribution in [3.8, 4) is 11.3 Å². The van der Waals surface area contributed by atoms with Gasteiger partial charge in [-0.15, -0.1) is 0 Å². The van der Waals surface area contributed by atoms with Crippen molar-refractivity contribution in [2.75, 3.05) is 11.4 Å². The maximum Gasteiger partial charge on any atom is 0.307 e. The van der Waals surface area contributed by atoms with E-state index in [2.05, 4.69) is 9.97 Å². The molecule has 2 heterocycles. The number of aromatic nitrogens is 2. The highest BCUT2D eigenvalue weighted by Gasteiger charge is 2.44. The molecule has 1 saturated heterocycles. The second-order valence-electron chi connectivity index (χ2n) is 7.00. The van der Waals surface area contributed by atoms with Crippen LogP contribution >= 0.6 is 0 Å². The molecule has 1 aliphatic heterocycles. The molecule has 5 nitrogen and oxygen atoms in total. The van der Waals surface area contributed by atoms with Gasteiger partial charge < -0.3 is 10.0 Å². The number of rotatable bonds is 4. The Morgan fingerprint density at radius 1 is 1.31 bits per heavy atom. The van der Waals surface area contributed by atoms with E-state index in [-0.39, 0.29) is 31.0 Å². The van der Waals surface area contributed by atoms with Gasteiger partial charge in [-0.05, 0) is 25.3 Å². The van der Waals surface area contributed by atoms with Crippen LogP contribution in [0.25, 0.3) is 11.3 Å². The van der Waals surface area contributed by atoms with Gasteiger partial charge in [0.05, 0.1) is 12.1 Å². The smallest absolute Gasteiger partial charge is 0.307 e. The molecular formula is C19H19F2N3O2. The molecule has 1 N–H and O–H groups in total. The van der Waals surface area contributed by atoms with E-state index in [0.29, 0.717) is 28.3 Å². The Kier molecular flexibility index (Phi) is 3.89. The van der Waals surface area contributed by atoms with Gasteiger partial charge in [-0.2, -0.15) is 8.78 Å². The van der Waals surface area contributed by atoms with Crippen LogP contribution < -0.4 is 4.90 Å². The van der Waals surface area contributed by atoms with Crippen LogP contribution in [0.4, 0.5) is 14.7 Å². The fourth-order valence-corrected chi connectivity index (χ4v) is 3.55. The van der Waals surface area contributed by atoms with Crippen molar-refractivity contribution in [2.45, 2.75) is 44.6 Å². The molecule has 1 aromatic heterocycles. The number of hydrogen-bond acceptors (Lipinski definition) is 4. The number of carboxylic acid groups (broad SMARTS) is 1. The first kappa shape index (κ1) is 16.9. The Balaban J connectivity index is 1.79. The Bertz CT molecular complexity index is 868. The van der Waals surface area contributed by atoms with E-state index in [9.17, 15) is 13.6 Å². The third kappa shape index (κ3) is 2.81. The minimum absolute atomic E-state index is 0.0726. The van der Waals surface area contributed by atoms with E-state index in [1.54, 1.807) is 24.3 Å². The molecule has 0 spiro atoms. The Hall–Kier alpha value is -2.57. The summed E-state index contributed by atoms with van der Waals surface area (Å²) in [7, 11) is 0. The SMILES string of the molecule is C[C@H]1CCN1c1nc(-c2ccc(CC(=O)O)cc2)c2c(n1)C(F)(F)CC2. The zero-order valence-electron chi connectivity index (χ0n) is 14.4. The van der Waals surface area contributed by atoms with Crippen LogP contribution in [0.2, 0.25) is 0 Å². The molecule has 0 saturated carbocycles. The molecule has 7 heteroatoms. The van der Waals surface area contributed by atoms with E-state index in [4.69, 9.17) is 5.11 Å². The second-order valence-corrected chi connectivity index (χ2v) is 7.00. The molecule has 26 heavy (non-hydrogen) atoms. The quantitative estimate of drug-likeness (QED) is 0.906. The Morgan fingerprint density at radius 3 is 2.62 bits per heavy atom. The van der Waals surface area contributed by atoms with E-state index in [1.807, 2.05) is 11.8 Å². The van der Waals surface area contributed by atoms with E-state index in [0.717, 1.165) is 13.0 Å². The lowest BCUT2D eigenvalue weighted by Gasteiger charge is -2.39. The minimum atomic E-state index is -2.93. The molecular weight excluding hydrogens is 340 g/mol. The second kappa shape index (κ2) is 6.00. The van der Waals surface area contributed by atoms with Crippen LogP contribution in [0, 0.1) is 0 Å². The summed E-state index contributed by atoms with van der Waals surface area (Å²) in [6.45, 7) is 2.79. The standard InChI is InChI=1S/C19H19F2N3O2/c1-11-7-9-24(11)18-22-16(14-6-8-19(20,21)17(14)23-18)13-4-2-12(3-5-13)10-15(25)26/h2-5,11H,6-10H2,1H3,(H,25,26)/t11-/m0/s1. The van der Waals surface area contributed by atoms with Crippen molar-refractivity contribution in [3.63, 3.8) is 0 Å². The topological polar surface area (TPSA) is 66.3 Å². The van der Waals surface area contributed by atoms with Crippen LogP contribution in [0.5, 0.6) is 0 Å². The fourth-order valence-electron chi connectivity index (χ4n) is 3.55. The summed E-state index contributed by atoms with van der Waals surface area (Å²) in [4.78, 5) is 21.6. The van der Waals surface area contributed by atoms with Gasteiger partial charge in [0.15, 0.2) is 0 Å². The number of anilines is 1. The first-order chi connectivity index (χ1) is 12.3. The molecule has 1 atom stereocenters. The van der Waals surface area contributed by atoms with Gasteiger partial charge in [0.25, 0.3) is 5.92 Å². The van der Waals surface area contributed by atoms with Gasteiger partial charge in [-0.25, -0.2) is 9.97 Å². The molecule has 4 rings (SSSR count). The maximum absolute atomic E-state index is 14.3. The molecule has 0 bridgehead atoms. The minimum Gasteiger partial charge on any atom is -0.481 e. The highest BCUT2D eigenvalue weighted by atomic mass is 19.3. The first-order valence-electron chi connectivity index (χ1n) is 8.72. The van der Waals surface area contributed by atoms with Crippen molar-refractivity contribution in [1.29, 1.82) is 0 Å². The summed E-state index contributed by atoms with van der Waals surface area (Å²) in [5, 5.41) is 8.88. The fraction of sp³-hybridized carbons (Fsp3) is 0.421. The van der Waals surface area contributed by atoms with Crippen LogP contribution in [0.1, 0.15) is 36.6 Å². The average molecular weight is 359 g/mol. The number of nitrogens with zero attached hydrogens (tertiary/aromatic N) is 3. The van der Waals surface area contributed by atoms with E-state index < -0.39 is 11.9 Å². The summed E-state index contributed by atoms with van der Waals surface area (Å²) < 4.78 is 28.7. The van der Waals surface area contributed by atoms with Gasteiger partial charge in [-0.1, -0.05) is 24.3 Å². The number of fused-ring (bicyclic) bond motifs is 1. The van der Waals surface area contributed by atoms with Crippen LogP contribution in [-0.2, 0) is 23.6 Å². The number of carboxylic acids is 1. The molecule has 1 aromatic carbocycles. The lowest BCUT2D eigenvalue weighted by molar-refractivity contribution is -0.136. The number of hydrogen-bond donors (Lipinski definition) is 1. The van der Waals surface area contributed by atoms with Gasteiger partial charge in [0.1, 0.15) is 5.69 Å². The predicted molar refractivity (Wildman–Crippen MR) is 92.4 cm³/mol. The Morgan fingerprint density at radius 2 is 2.04 bits per heavy atom. The van der Waals surface area contributed by atoms with Crippen molar-refractivity contribution in [1.82, 2.24) is 9.97 Å². The monoisotopic (exact) mass is 359 g/mol. The first-order valence-corrected chi connectivity index (χ1v) is 8.72. The maximum atomic E-state index is 14.3. The van der Waals surface area contributed by atoms with Crippen molar-refractivity contribution in [3.05, 3.63) is 41.1 Å². The number of alkyl halides is 2. The summed E-state index contributed by atoms with van der Waals surface area (Å²) in [6, 6.07) is 7.16. The van der Waals surface area contributed by atoms with Crippen molar-refractivity contribution < 1.29 is 18.7 Å². The summed E-state index contributed by atoms with van der Waals surface area (Å²) in [5.74, 6) is -3.48. The lowest BCUT2D eigenvalue weighted by Crippen LogP contribution is -2.47. The molecule has 2 aromatic rings. The van der Waals surface area contributed by atoms with Gasteiger partial charge >= 0.3 is 5.97 Å². The summed E-state index contributed by atoms with van der Waals surface area (Å²) >= 11 is 0. The average Bonchev–Trinajstić information content (AvgIpc) is 2.88. The highest BCUT2D eigenvalue weighted by molar-refractivity contribution is 5.72. The molecule has 2 aliphatic rings. The van der Waals surface area contributed by atoms with E-state index >= 15 is 0 Å². The molecule has 1 aliphatic carbocycles. The largest absolute Gasteiger partial charge is 0.481 e. The van der Waals surface area contributed by atoms with Gasteiger partial charge in [0.2, 0.25) is 5.95 Å². The van der Waals surface area contributed by atoms with Crippen molar-refractivity contribution >= 4 is 11.9 Å². The summed E-state index contributed by atoms with van der Waals surface area (Å²) in [6.07, 6.45) is 0.914. The molecule has 0 amide bonds. The van der Waals surface area contributed by atoms with Crippen LogP contribution in [0.3, 0.4) is 0 Å². The lowest BCUT2D eigenvalue weighted by atomic mass is 10.0. The molecule has 0 radical (unpaired) electrons. The molecule has 0 unspecified atom stereocenters. The number of carbonyl (C=O) groups is 1. The molecule has 1 fully saturated rings. The van der Waals surface area contributed by atoms with Crippen LogP contribution in [0.15, 0.2) is 24.3 Å². The molecule has 136 valence electrons. The van der Waals surface area contributed by atoms with E-state index in [1.165, 1.54) is 0 Å². The third-order valence-corrected chi connectivity index (χ3v) is 5.19. The van der Waals surface area contributed by atoms with Crippen molar-refractivity contribution in [2.24, 2.45) is 0 Å². The van der Waals surface area contributed by atoms with Gasteiger partial charge in [-0.3, -0.25) is 4.79 Å². The number of benzene rings is 1. The summed E-state index contributed by atoms with van der Waals surface area (Å²) in [5.41, 5.74) is 2.24. The highest BCUT2D eigenvalue weighted by Crippen LogP contribution is 2.44. The van der Waals surface area contributed by atoms with Crippen LogP contribution in [-0.4, -0.2) is 33.6 Å². The van der Waals surface area contributed by atoms with Gasteiger partial charge in [0, 0.05) is 30.1 Å². The third-order valence-electron chi connectivity index (χ3n) is 5.19. The normalized spacial score (nSPS) is 20.6. The Labute approximate surface area is 149 Å². The zero-order valence-corrected chi connectivity index (χ0v) is 14.4. The zero-order chi connectivity index (χ0) is 18.5. The number of aliphatic carboxylic acids is 1. The number of halogens is 2. The predicted octanol–water partition coefficient (Wildman–Crippen LogP) is 3.41.